The molecule has 1 amide bonds. The second-order valence-electron chi connectivity index (χ2n) is 4.66. The summed E-state index contributed by atoms with van der Waals surface area (Å²) in [6, 6.07) is 15.1. The minimum atomic E-state index is -0.296. The molecule has 0 saturated carbocycles. The number of rotatable bonds is 3. The highest BCUT2D eigenvalue weighted by molar-refractivity contribution is 7.16. The third kappa shape index (κ3) is 2.60. The molecule has 0 fully saturated rings. The second kappa shape index (κ2) is 6.03. The maximum Gasteiger partial charge on any atom is 0.275 e. The Morgan fingerprint density at radius 1 is 1.18 bits per heavy atom. The number of nitrogens with zero attached hydrogens (tertiary/aromatic N) is 2. The molecule has 1 aromatic heterocycles. The molecule has 6 heteroatoms. The number of amides is 1. The lowest BCUT2D eigenvalue weighted by atomic mass is 10.2. The van der Waals surface area contributed by atoms with E-state index >= 15 is 0 Å². The average molecular weight is 313 g/mol. The first-order valence-corrected chi connectivity index (χ1v) is 7.54. The Bertz CT molecular complexity index is 896. The number of carbonyl (C=O) groups is 1. The standard InChI is InChI=1S/C16H15N3O2S/c1-19-12-8-4-6-10-14(12)22-16(19)18-17-15(20)11-7-3-5-9-13(11)21-2/h3-10H,1-2H3,(H,17,20)/b18-16+. The molecule has 0 spiro atoms. The highest BCUT2D eigenvalue weighted by Crippen LogP contribution is 2.17. The Kier molecular flexibility index (Phi) is 3.93. The number of para-hydroxylation sites is 2. The summed E-state index contributed by atoms with van der Waals surface area (Å²) in [6.45, 7) is 0. The SMILES string of the molecule is COc1ccccc1C(=O)N/N=c1/sc2ccccc2n1C. The van der Waals surface area contributed by atoms with Gasteiger partial charge in [0.25, 0.3) is 5.91 Å². The van der Waals surface area contributed by atoms with Gasteiger partial charge in [-0.05, 0) is 24.3 Å². The molecule has 0 aliphatic heterocycles. The Balaban J connectivity index is 1.92. The summed E-state index contributed by atoms with van der Waals surface area (Å²) < 4.78 is 8.25. The second-order valence-corrected chi connectivity index (χ2v) is 5.67. The third-order valence-corrected chi connectivity index (χ3v) is 4.43. The van der Waals surface area contributed by atoms with Gasteiger partial charge in [0, 0.05) is 7.05 Å². The number of nitrogens with one attached hydrogen (secondary N) is 1. The van der Waals surface area contributed by atoms with E-state index < -0.39 is 0 Å². The van der Waals surface area contributed by atoms with Crippen molar-refractivity contribution < 1.29 is 9.53 Å². The molecule has 1 heterocycles. The van der Waals surface area contributed by atoms with Gasteiger partial charge in [-0.3, -0.25) is 4.79 Å². The largest absolute Gasteiger partial charge is 0.496 e. The fraction of sp³-hybridized carbons (Fsp3) is 0.125. The van der Waals surface area contributed by atoms with Crippen LogP contribution in [0.3, 0.4) is 0 Å². The van der Waals surface area contributed by atoms with E-state index in [9.17, 15) is 4.79 Å². The van der Waals surface area contributed by atoms with Gasteiger partial charge in [0.05, 0.1) is 22.9 Å². The molecule has 3 rings (SSSR count). The van der Waals surface area contributed by atoms with Crippen LogP contribution in [-0.4, -0.2) is 17.6 Å². The Morgan fingerprint density at radius 3 is 2.68 bits per heavy atom. The van der Waals surface area contributed by atoms with E-state index in [1.54, 1.807) is 18.2 Å². The summed E-state index contributed by atoms with van der Waals surface area (Å²) in [5.74, 6) is 0.228. The van der Waals surface area contributed by atoms with E-state index in [1.165, 1.54) is 18.4 Å². The maximum absolute atomic E-state index is 12.2. The van der Waals surface area contributed by atoms with Crippen molar-refractivity contribution in [3.05, 3.63) is 58.9 Å². The molecular formula is C16H15N3O2S. The van der Waals surface area contributed by atoms with E-state index in [0.717, 1.165) is 15.0 Å². The molecule has 0 bridgehead atoms. The number of hydrogen-bond donors (Lipinski definition) is 1. The van der Waals surface area contributed by atoms with Crippen molar-refractivity contribution in [3.8, 4) is 5.75 Å². The molecule has 0 atom stereocenters. The topological polar surface area (TPSA) is 55.6 Å². The van der Waals surface area contributed by atoms with Crippen LogP contribution in [0.2, 0.25) is 0 Å². The molecule has 2 aromatic carbocycles. The molecule has 0 aliphatic rings. The zero-order valence-corrected chi connectivity index (χ0v) is 13.1. The minimum Gasteiger partial charge on any atom is -0.496 e. The molecule has 0 aliphatic carbocycles. The lowest BCUT2D eigenvalue weighted by Gasteiger charge is -2.05. The van der Waals surface area contributed by atoms with Crippen molar-refractivity contribution in [1.82, 2.24) is 9.99 Å². The van der Waals surface area contributed by atoms with E-state index in [-0.39, 0.29) is 5.91 Å². The van der Waals surface area contributed by atoms with Crippen LogP contribution in [0.5, 0.6) is 5.75 Å². The van der Waals surface area contributed by atoms with Crippen LogP contribution in [0.15, 0.2) is 53.6 Å². The molecule has 22 heavy (non-hydrogen) atoms. The fourth-order valence-electron chi connectivity index (χ4n) is 2.18. The summed E-state index contributed by atoms with van der Waals surface area (Å²) in [5.41, 5.74) is 4.12. The van der Waals surface area contributed by atoms with Crippen molar-refractivity contribution in [1.29, 1.82) is 0 Å². The van der Waals surface area contributed by atoms with Gasteiger partial charge in [0.15, 0.2) is 0 Å². The summed E-state index contributed by atoms with van der Waals surface area (Å²) in [6.07, 6.45) is 0. The third-order valence-electron chi connectivity index (χ3n) is 3.32. The van der Waals surface area contributed by atoms with E-state index in [1.807, 2.05) is 41.9 Å². The van der Waals surface area contributed by atoms with Crippen molar-refractivity contribution in [2.45, 2.75) is 0 Å². The molecule has 0 saturated heterocycles. The first-order valence-electron chi connectivity index (χ1n) is 6.72. The van der Waals surface area contributed by atoms with Gasteiger partial charge < -0.3 is 9.30 Å². The van der Waals surface area contributed by atoms with Gasteiger partial charge >= 0.3 is 0 Å². The van der Waals surface area contributed by atoms with Crippen molar-refractivity contribution in [2.75, 3.05) is 7.11 Å². The highest BCUT2D eigenvalue weighted by Gasteiger charge is 2.10. The minimum absolute atomic E-state index is 0.296. The van der Waals surface area contributed by atoms with Crippen molar-refractivity contribution >= 4 is 27.5 Å². The summed E-state index contributed by atoms with van der Waals surface area (Å²) in [7, 11) is 3.46. The van der Waals surface area contributed by atoms with Crippen molar-refractivity contribution in [3.63, 3.8) is 0 Å². The number of thiazole rings is 1. The zero-order valence-electron chi connectivity index (χ0n) is 12.2. The Labute approximate surface area is 131 Å². The molecule has 3 aromatic rings. The van der Waals surface area contributed by atoms with Crippen LogP contribution in [0, 0.1) is 0 Å². The smallest absolute Gasteiger partial charge is 0.275 e. The number of hydrogen-bond acceptors (Lipinski definition) is 4. The molecular weight excluding hydrogens is 298 g/mol. The number of carbonyl (C=O) groups excluding carboxylic acids is 1. The van der Waals surface area contributed by atoms with Crippen LogP contribution in [0.1, 0.15) is 10.4 Å². The number of methoxy groups -OCH3 is 1. The van der Waals surface area contributed by atoms with Crippen LogP contribution < -0.4 is 15.0 Å². The predicted molar refractivity (Wildman–Crippen MR) is 86.8 cm³/mol. The number of ether oxygens (including phenoxy) is 1. The normalized spacial score (nSPS) is 11.6. The molecule has 0 radical (unpaired) electrons. The van der Waals surface area contributed by atoms with Crippen LogP contribution in [-0.2, 0) is 7.05 Å². The first-order chi connectivity index (χ1) is 10.7. The van der Waals surface area contributed by atoms with Gasteiger partial charge in [0.1, 0.15) is 5.75 Å². The summed E-state index contributed by atoms with van der Waals surface area (Å²) in [5, 5.41) is 4.22. The molecule has 5 nitrogen and oxygen atoms in total. The van der Waals surface area contributed by atoms with E-state index in [0.29, 0.717) is 11.3 Å². The highest BCUT2D eigenvalue weighted by atomic mass is 32.1. The number of fused-ring (bicyclic) bond motifs is 1. The van der Waals surface area contributed by atoms with Crippen molar-refractivity contribution in [2.24, 2.45) is 12.1 Å². The predicted octanol–water partition coefficient (Wildman–Crippen LogP) is 2.49. The number of benzene rings is 2. The van der Waals surface area contributed by atoms with Crippen LogP contribution in [0.25, 0.3) is 10.2 Å². The lowest BCUT2D eigenvalue weighted by molar-refractivity contribution is 0.0950. The monoisotopic (exact) mass is 313 g/mol. The van der Waals surface area contributed by atoms with E-state index in [2.05, 4.69) is 10.5 Å². The average Bonchev–Trinajstić information content (AvgIpc) is 2.89. The quantitative estimate of drug-likeness (QED) is 0.755. The number of aryl methyl sites for hydroxylation is 1. The van der Waals surface area contributed by atoms with Crippen LogP contribution >= 0.6 is 11.3 Å². The van der Waals surface area contributed by atoms with Crippen LogP contribution in [0.4, 0.5) is 0 Å². The van der Waals surface area contributed by atoms with Gasteiger partial charge in [-0.1, -0.05) is 35.6 Å². The Morgan fingerprint density at radius 2 is 1.91 bits per heavy atom. The van der Waals surface area contributed by atoms with Gasteiger partial charge in [-0.15, -0.1) is 5.10 Å². The van der Waals surface area contributed by atoms with E-state index in [4.69, 9.17) is 4.74 Å². The molecule has 112 valence electrons. The van der Waals surface area contributed by atoms with Gasteiger partial charge in [-0.2, -0.15) is 0 Å². The molecule has 1 N–H and O–H groups in total. The zero-order chi connectivity index (χ0) is 15.5. The maximum atomic E-state index is 12.2. The fourth-order valence-corrected chi connectivity index (χ4v) is 3.16. The first kappa shape index (κ1) is 14.3. The number of aromatic nitrogens is 1. The Hall–Kier alpha value is -2.60. The molecule has 0 unspecified atom stereocenters. The summed E-state index contributed by atoms with van der Waals surface area (Å²) in [4.78, 5) is 13.0. The lowest BCUT2D eigenvalue weighted by Crippen LogP contribution is -2.23. The van der Waals surface area contributed by atoms with Gasteiger partial charge in [0.2, 0.25) is 4.80 Å². The van der Waals surface area contributed by atoms with Gasteiger partial charge in [-0.25, -0.2) is 5.43 Å². The summed E-state index contributed by atoms with van der Waals surface area (Å²) >= 11 is 1.52.